The lowest BCUT2D eigenvalue weighted by Crippen LogP contribution is -2.11. The van der Waals surface area contributed by atoms with Crippen LogP contribution in [-0.2, 0) is 11.3 Å². The Morgan fingerprint density at radius 1 is 1.32 bits per heavy atom. The summed E-state index contributed by atoms with van der Waals surface area (Å²) in [5, 5.41) is 1.03. The molecule has 102 valence electrons. The van der Waals surface area contributed by atoms with Gasteiger partial charge in [-0.15, -0.1) is 0 Å². The van der Waals surface area contributed by atoms with Crippen molar-refractivity contribution < 1.29 is 14.3 Å². The van der Waals surface area contributed by atoms with Crippen molar-refractivity contribution in [3.8, 4) is 11.5 Å². The molecule has 1 amide bonds. The van der Waals surface area contributed by atoms with E-state index in [-0.39, 0.29) is 5.91 Å². The smallest absolute Gasteiger partial charge is 0.217 e. The van der Waals surface area contributed by atoms with Gasteiger partial charge in [0, 0.05) is 36.7 Å². The number of nitrogens with zero attached hydrogens (tertiary/aromatic N) is 1. The van der Waals surface area contributed by atoms with Crippen LogP contribution in [0.1, 0.15) is 12.8 Å². The van der Waals surface area contributed by atoms with Crippen LogP contribution in [0.5, 0.6) is 11.5 Å². The van der Waals surface area contributed by atoms with Gasteiger partial charge in [0.2, 0.25) is 5.91 Å². The van der Waals surface area contributed by atoms with Crippen LogP contribution in [0.25, 0.3) is 10.9 Å². The van der Waals surface area contributed by atoms with E-state index in [0.29, 0.717) is 6.42 Å². The highest BCUT2D eigenvalue weighted by molar-refractivity contribution is 5.88. The quantitative estimate of drug-likeness (QED) is 0.865. The first-order valence-corrected chi connectivity index (χ1v) is 6.15. The van der Waals surface area contributed by atoms with Gasteiger partial charge in [0.05, 0.1) is 19.7 Å². The lowest BCUT2D eigenvalue weighted by Gasteiger charge is -2.09. The number of nitrogens with two attached hydrogens (primary N) is 1. The Kier molecular flexibility index (Phi) is 3.94. The second-order valence-electron chi connectivity index (χ2n) is 4.34. The number of hydrogen-bond acceptors (Lipinski definition) is 3. The molecule has 0 bridgehead atoms. The molecule has 0 fully saturated rings. The van der Waals surface area contributed by atoms with Crippen molar-refractivity contribution in [2.45, 2.75) is 19.4 Å². The second-order valence-corrected chi connectivity index (χ2v) is 4.34. The predicted molar refractivity (Wildman–Crippen MR) is 73.5 cm³/mol. The average Bonchev–Trinajstić information content (AvgIpc) is 2.80. The summed E-state index contributed by atoms with van der Waals surface area (Å²) in [6, 6.07) is 5.82. The van der Waals surface area contributed by atoms with E-state index in [0.717, 1.165) is 35.4 Å². The Morgan fingerprint density at radius 2 is 2.11 bits per heavy atom. The minimum absolute atomic E-state index is 0.272. The summed E-state index contributed by atoms with van der Waals surface area (Å²) in [7, 11) is 3.26. The molecule has 0 spiro atoms. The monoisotopic (exact) mass is 262 g/mol. The predicted octanol–water partition coefficient (Wildman–Crippen LogP) is 1.92. The van der Waals surface area contributed by atoms with Gasteiger partial charge in [-0.05, 0) is 12.5 Å². The first-order valence-electron chi connectivity index (χ1n) is 6.15. The maximum Gasteiger partial charge on any atom is 0.217 e. The van der Waals surface area contributed by atoms with Crippen molar-refractivity contribution in [2.24, 2.45) is 5.73 Å². The number of carbonyl (C=O) groups is 1. The number of hydrogen-bond donors (Lipinski definition) is 1. The van der Waals surface area contributed by atoms with Crippen molar-refractivity contribution >= 4 is 16.8 Å². The van der Waals surface area contributed by atoms with E-state index < -0.39 is 0 Å². The Labute approximate surface area is 111 Å². The minimum Gasteiger partial charge on any atom is -0.497 e. The number of amides is 1. The van der Waals surface area contributed by atoms with Gasteiger partial charge in [0.1, 0.15) is 11.5 Å². The summed E-state index contributed by atoms with van der Waals surface area (Å²) in [6.45, 7) is 0.739. The standard InChI is InChI=1S/C14H18N2O3/c1-18-10-8-12-11(13(9-10)19-2)5-7-16(12)6-3-4-14(15)17/h5,7-9H,3-4,6H2,1-2H3,(H2,15,17). The number of ether oxygens (including phenoxy) is 2. The molecule has 2 aromatic rings. The van der Waals surface area contributed by atoms with E-state index in [9.17, 15) is 4.79 Å². The highest BCUT2D eigenvalue weighted by Crippen LogP contribution is 2.31. The Morgan fingerprint density at radius 3 is 2.74 bits per heavy atom. The molecule has 1 aromatic carbocycles. The highest BCUT2D eigenvalue weighted by Gasteiger charge is 2.09. The van der Waals surface area contributed by atoms with Crippen molar-refractivity contribution in [3.63, 3.8) is 0 Å². The maximum absolute atomic E-state index is 10.8. The fourth-order valence-electron chi connectivity index (χ4n) is 2.14. The fraction of sp³-hybridized carbons (Fsp3) is 0.357. The number of aryl methyl sites for hydroxylation is 1. The number of aromatic nitrogens is 1. The van der Waals surface area contributed by atoms with Crippen molar-refractivity contribution in [3.05, 3.63) is 24.4 Å². The van der Waals surface area contributed by atoms with Crippen LogP contribution in [0.15, 0.2) is 24.4 Å². The average molecular weight is 262 g/mol. The summed E-state index contributed by atoms with van der Waals surface area (Å²) in [5.41, 5.74) is 6.18. The zero-order valence-corrected chi connectivity index (χ0v) is 11.2. The third kappa shape index (κ3) is 2.81. The molecule has 2 rings (SSSR count). The molecule has 0 saturated heterocycles. The summed E-state index contributed by atoms with van der Waals surface area (Å²) in [5.74, 6) is 1.26. The SMILES string of the molecule is COc1cc(OC)c2ccn(CCCC(N)=O)c2c1. The molecule has 0 atom stereocenters. The summed E-state index contributed by atoms with van der Waals surface area (Å²) < 4.78 is 12.7. The van der Waals surface area contributed by atoms with Gasteiger partial charge >= 0.3 is 0 Å². The van der Waals surface area contributed by atoms with Gasteiger partial charge in [0.25, 0.3) is 0 Å². The lowest BCUT2D eigenvalue weighted by molar-refractivity contribution is -0.118. The van der Waals surface area contributed by atoms with E-state index in [1.807, 2.05) is 24.4 Å². The second kappa shape index (κ2) is 5.65. The number of fused-ring (bicyclic) bond motifs is 1. The first-order chi connectivity index (χ1) is 9.15. The number of carbonyl (C=O) groups excluding carboxylic acids is 1. The molecule has 2 N–H and O–H groups in total. The maximum atomic E-state index is 10.8. The topological polar surface area (TPSA) is 66.5 Å². The molecule has 0 radical (unpaired) electrons. The molecule has 1 heterocycles. The normalized spacial score (nSPS) is 10.6. The zero-order valence-electron chi connectivity index (χ0n) is 11.2. The summed E-state index contributed by atoms with van der Waals surface area (Å²) >= 11 is 0. The van der Waals surface area contributed by atoms with Crippen molar-refractivity contribution in [2.75, 3.05) is 14.2 Å². The van der Waals surface area contributed by atoms with Gasteiger partial charge in [-0.3, -0.25) is 4.79 Å². The third-order valence-corrected chi connectivity index (χ3v) is 3.10. The van der Waals surface area contributed by atoms with E-state index in [2.05, 4.69) is 4.57 Å². The van der Waals surface area contributed by atoms with Gasteiger partial charge < -0.3 is 19.8 Å². The summed E-state index contributed by atoms with van der Waals surface area (Å²) in [4.78, 5) is 10.8. The molecule has 1 aromatic heterocycles. The van der Waals surface area contributed by atoms with E-state index in [1.165, 1.54) is 0 Å². The largest absolute Gasteiger partial charge is 0.497 e. The number of benzene rings is 1. The molecular weight excluding hydrogens is 244 g/mol. The van der Waals surface area contributed by atoms with Gasteiger partial charge in [-0.25, -0.2) is 0 Å². The molecule has 0 aliphatic heterocycles. The number of rotatable bonds is 6. The Bertz CT molecular complexity index is 590. The van der Waals surface area contributed by atoms with Crippen molar-refractivity contribution in [1.82, 2.24) is 4.57 Å². The molecule has 0 aliphatic carbocycles. The van der Waals surface area contributed by atoms with Gasteiger partial charge in [0.15, 0.2) is 0 Å². The lowest BCUT2D eigenvalue weighted by atomic mass is 10.2. The van der Waals surface area contributed by atoms with Crippen LogP contribution in [0.4, 0.5) is 0 Å². The molecule has 5 heteroatoms. The van der Waals surface area contributed by atoms with Gasteiger partial charge in [-0.2, -0.15) is 0 Å². The first kappa shape index (κ1) is 13.3. The summed E-state index contributed by atoms with van der Waals surface area (Å²) in [6.07, 6.45) is 3.09. The van der Waals surface area contributed by atoms with Crippen molar-refractivity contribution in [1.29, 1.82) is 0 Å². The minimum atomic E-state index is -0.272. The van der Waals surface area contributed by atoms with Gasteiger partial charge in [-0.1, -0.05) is 0 Å². The third-order valence-electron chi connectivity index (χ3n) is 3.10. The molecule has 0 aliphatic rings. The van der Waals surface area contributed by atoms with E-state index in [1.54, 1.807) is 14.2 Å². The highest BCUT2D eigenvalue weighted by atomic mass is 16.5. The van der Waals surface area contributed by atoms with E-state index in [4.69, 9.17) is 15.2 Å². The van der Waals surface area contributed by atoms with Crippen LogP contribution in [0, 0.1) is 0 Å². The Hall–Kier alpha value is -2.17. The fourth-order valence-corrected chi connectivity index (χ4v) is 2.14. The zero-order chi connectivity index (χ0) is 13.8. The Balaban J connectivity index is 2.32. The van der Waals surface area contributed by atoms with Crippen LogP contribution in [-0.4, -0.2) is 24.7 Å². The molecule has 0 saturated carbocycles. The van der Waals surface area contributed by atoms with Crippen LogP contribution in [0.2, 0.25) is 0 Å². The number of primary amides is 1. The molecule has 0 unspecified atom stereocenters. The molecule has 19 heavy (non-hydrogen) atoms. The molecular formula is C14H18N2O3. The number of methoxy groups -OCH3 is 2. The van der Waals surface area contributed by atoms with Crippen LogP contribution in [0.3, 0.4) is 0 Å². The van der Waals surface area contributed by atoms with Crippen LogP contribution < -0.4 is 15.2 Å². The molecule has 5 nitrogen and oxygen atoms in total. The van der Waals surface area contributed by atoms with E-state index >= 15 is 0 Å². The van der Waals surface area contributed by atoms with Crippen LogP contribution >= 0.6 is 0 Å².